The molecule has 2 aliphatic rings. The molecule has 0 amide bonds. The summed E-state index contributed by atoms with van der Waals surface area (Å²) >= 11 is 0. The predicted octanol–water partition coefficient (Wildman–Crippen LogP) is 4.11. The van der Waals surface area contributed by atoms with Crippen molar-refractivity contribution >= 4 is 11.8 Å². The minimum atomic E-state index is 0.351. The lowest BCUT2D eigenvalue weighted by atomic mass is 9.83. The fraction of sp³-hybridized carbons (Fsp3) is 0.750. The first-order valence-corrected chi connectivity index (χ1v) is 12.0. The van der Waals surface area contributed by atoms with E-state index in [1.54, 1.807) is 0 Å². The van der Waals surface area contributed by atoms with Crippen molar-refractivity contribution in [1.29, 1.82) is 0 Å². The van der Waals surface area contributed by atoms with Gasteiger partial charge in [-0.3, -0.25) is 4.99 Å². The Kier molecular flexibility index (Phi) is 9.25. The first kappa shape index (κ1) is 22.9. The molecule has 1 saturated carbocycles. The maximum atomic E-state index is 5.64. The van der Waals surface area contributed by atoms with Gasteiger partial charge in [0.15, 0.2) is 5.96 Å². The number of ether oxygens (including phenoxy) is 1. The molecule has 0 bridgehead atoms. The molecule has 0 spiro atoms. The summed E-state index contributed by atoms with van der Waals surface area (Å²) in [6.07, 6.45) is 13.5. The van der Waals surface area contributed by atoms with Crippen LogP contribution in [0.5, 0.6) is 0 Å². The Morgan fingerprint density at radius 3 is 2.60 bits per heavy atom. The molecule has 0 aromatic carbocycles. The topological polar surface area (TPSA) is 61.8 Å². The molecule has 1 aliphatic carbocycles. The van der Waals surface area contributed by atoms with E-state index < -0.39 is 0 Å². The number of guanidine groups is 1. The van der Waals surface area contributed by atoms with Crippen molar-refractivity contribution in [1.82, 2.24) is 15.6 Å². The summed E-state index contributed by atoms with van der Waals surface area (Å²) in [6, 6.07) is 4.33. The number of aromatic nitrogens is 1. The highest BCUT2D eigenvalue weighted by Gasteiger charge is 2.33. The molecule has 2 N–H and O–H groups in total. The van der Waals surface area contributed by atoms with Gasteiger partial charge in [0.05, 0.1) is 0 Å². The summed E-state index contributed by atoms with van der Waals surface area (Å²) in [5.74, 6) is 1.99. The minimum absolute atomic E-state index is 0.351. The maximum Gasteiger partial charge on any atom is 0.191 e. The molecule has 0 atom stereocenters. The van der Waals surface area contributed by atoms with Crippen LogP contribution in [-0.4, -0.2) is 50.8 Å². The van der Waals surface area contributed by atoms with E-state index in [0.717, 1.165) is 57.6 Å². The van der Waals surface area contributed by atoms with E-state index >= 15 is 0 Å². The van der Waals surface area contributed by atoms with Crippen molar-refractivity contribution in [2.24, 2.45) is 10.4 Å². The van der Waals surface area contributed by atoms with Crippen LogP contribution in [0.1, 0.15) is 70.3 Å². The van der Waals surface area contributed by atoms with E-state index in [1.807, 2.05) is 13.2 Å². The average Bonchev–Trinajstić information content (AvgIpc) is 3.06. The second kappa shape index (κ2) is 12.1. The first-order valence-electron chi connectivity index (χ1n) is 12.0. The van der Waals surface area contributed by atoms with Gasteiger partial charge in [0.1, 0.15) is 5.82 Å². The highest BCUT2D eigenvalue weighted by Crippen LogP contribution is 2.40. The second-order valence-electron chi connectivity index (χ2n) is 8.86. The van der Waals surface area contributed by atoms with Crippen molar-refractivity contribution in [3.63, 3.8) is 0 Å². The van der Waals surface area contributed by atoms with Gasteiger partial charge >= 0.3 is 0 Å². The van der Waals surface area contributed by atoms with Crippen LogP contribution in [-0.2, 0) is 11.3 Å². The van der Waals surface area contributed by atoms with Crippen LogP contribution in [0.4, 0.5) is 5.82 Å². The van der Waals surface area contributed by atoms with Crippen LogP contribution in [0, 0.1) is 5.41 Å². The van der Waals surface area contributed by atoms with Gasteiger partial charge < -0.3 is 20.3 Å². The lowest BCUT2D eigenvalue weighted by molar-refractivity contribution is 0.105. The Balaban J connectivity index is 1.50. The lowest BCUT2D eigenvalue weighted by Gasteiger charge is -2.30. The zero-order valence-corrected chi connectivity index (χ0v) is 19.1. The van der Waals surface area contributed by atoms with E-state index in [9.17, 15) is 0 Å². The molecule has 0 radical (unpaired) electrons. The third kappa shape index (κ3) is 6.86. The molecule has 6 heteroatoms. The summed E-state index contributed by atoms with van der Waals surface area (Å²) in [7, 11) is 1.85. The van der Waals surface area contributed by atoms with Crippen LogP contribution in [0.3, 0.4) is 0 Å². The lowest BCUT2D eigenvalue weighted by Crippen LogP contribution is -2.43. The fourth-order valence-electron chi connectivity index (χ4n) is 4.79. The molecule has 2 fully saturated rings. The van der Waals surface area contributed by atoms with Crippen LogP contribution >= 0.6 is 0 Å². The molecule has 2 heterocycles. The normalized spacial score (nSPS) is 19.5. The van der Waals surface area contributed by atoms with Gasteiger partial charge in [-0.2, -0.15) is 0 Å². The molecule has 3 rings (SSSR count). The molecule has 1 saturated heterocycles. The number of nitrogens with zero attached hydrogens (tertiary/aromatic N) is 3. The van der Waals surface area contributed by atoms with Crippen molar-refractivity contribution in [2.45, 2.75) is 71.3 Å². The van der Waals surface area contributed by atoms with Crippen LogP contribution in [0.25, 0.3) is 0 Å². The van der Waals surface area contributed by atoms with E-state index in [-0.39, 0.29) is 0 Å². The highest BCUT2D eigenvalue weighted by molar-refractivity contribution is 5.79. The Bertz CT molecular complexity index is 649. The molecule has 1 aromatic heterocycles. The molecule has 1 aliphatic heterocycles. The molecule has 0 unspecified atom stereocenters. The van der Waals surface area contributed by atoms with Gasteiger partial charge in [0, 0.05) is 52.6 Å². The number of hydrogen-bond acceptors (Lipinski definition) is 4. The Labute approximate surface area is 182 Å². The predicted molar refractivity (Wildman–Crippen MR) is 125 cm³/mol. The van der Waals surface area contributed by atoms with Gasteiger partial charge in [-0.1, -0.05) is 25.7 Å². The van der Waals surface area contributed by atoms with E-state index in [4.69, 9.17) is 4.74 Å². The summed E-state index contributed by atoms with van der Waals surface area (Å²) in [6.45, 7) is 7.71. The summed E-state index contributed by atoms with van der Waals surface area (Å²) in [4.78, 5) is 11.5. The zero-order valence-electron chi connectivity index (χ0n) is 19.1. The number of pyridine rings is 1. The Morgan fingerprint density at radius 1 is 1.13 bits per heavy atom. The van der Waals surface area contributed by atoms with E-state index in [0.29, 0.717) is 5.41 Å². The van der Waals surface area contributed by atoms with E-state index in [2.05, 4.69) is 44.6 Å². The Morgan fingerprint density at radius 2 is 1.90 bits per heavy atom. The van der Waals surface area contributed by atoms with Crippen molar-refractivity contribution in [3.8, 4) is 0 Å². The summed E-state index contributed by atoms with van der Waals surface area (Å²) < 4.78 is 5.64. The smallest absolute Gasteiger partial charge is 0.191 e. The van der Waals surface area contributed by atoms with Gasteiger partial charge in [-0.05, 0) is 62.1 Å². The van der Waals surface area contributed by atoms with Gasteiger partial charge in [0.2, 0.25) is 0 Å². The monoisotopic (exact) mass is 415 g/mol. The number of hydrogen-bond donors (Lipinski definition) is 2. The largest absolute Gasteiger partial charge is 0.382 e. The third-order valence-corrected chi connectivity index (χ3v) is 6.70. The average molecular weight is 416 g/mol. The molecular formula is C24H41N5O. The molecule has 168 valence electrons. The molecule has 6 nitrogen and oxygen atoms in total. The third-order valence-electron chi connectivity index (χ3n) is 6.70. The SMILES string of the molecule is CCOCCC1(CNC(=NC)NCc2ccnc(N3CCCCCC3)c2)CCCC1. The van der Waals surface area contributed by atoms with Crippen LogP contribution in [0.15, 0.2) is 23.3 Å². The standard InChI is InChI=1S/C24H41N5O/c1-3-30-17-13-24(11-6-7-12-24)20-28-23(25-2)27-19-21-10-14-26-22(18-21)29-15-8-4-5-9-16-29/h10,14,18H,3-9,11-13,15-17,19-20H2,1-2H3,(H2,25,27,28). The van der Waals surface area contributed by atoms with Gasteiger partial charge in [0.25, 0.3) is 0 Å². The molecular weight excluding hydrogens is 374 g/mol. The Hall–Kier alpha value is -1.82. The number of nitrogens with one attached hydrogen (secondary N) is 2. The number of anilines is 1. The summed E-state index contributed by atoms with van der Waals surface area (Å²) in [5.41, 5.74) is 1.60. The fourth-order valence-corrected chi connectivity index (χ4v) is 4.79. The first-order chi connectivity index (χ1) is 14.7. The zero-order chi connectivity index (χ0) is 21.1. The molecule has 1 aromatic rings. The van der Waals surface area contributed by atoms with E-state index in [1.165, 1.54) is 56.9 Å². The van der Waals surface area contributed by atoms with Crippen LogP contribution < -0.4 is 15.5 Å². The van der Waals surface area contributed by atoms with Gasteiger partial charge in [-0.25, -0.2) is 4.98 Å². The second-order valence-corrected chi connectivity index (χ2v) is 8.86. The minimum Gasteiger partial charge on any atom is -0.382 e. The summed E-state index contributed by atoms with van der Waals surface area (Å²) in [5, 5.41) is 7.09. The number of aliphatic imine (C=N–C) groups is 1. The van der Waals surface area contributed by atoms with Crippen molar-refractivity contribution < 1.29 is 4.74 Å². The molecule has 30 heavy (non-hydrogen) atoms. The quantitative estimate of drug-likeness (QED) is 0.361. The van der Waals surface area contributed by atoms with Crippen LogP contribution in [0.2, 0.25) is 0 Å². The van der Waals surface area contributed by atoms with Crippen molar-refractivity contribution in [2.75, 3.05) is 44.8 Å². The number of rotatable bonds is 9. The highest BCUT2D eigenvalue weighted by atomic mass is 16.5. The van der Waals surface area contributed by atoms with Gasteiger partial charge in [-0.15, -0.1) is 0 Å². The van der Waals surface area contributed by atoms with Crippen molar-refractivity contribution in [3.05, 3.63) is 23.9 Å². The maximum absolute atomic E-state index is 5.64.